The lowest BCUT2D eigenvalue weighted by Gasteiger charge is -2.10. The maximum Gasteiger partial charge on any atom is 0.119 e. The minimum absolute atomic E-state index is 0. The lowest BCUT2D eigenvalue weighted by Crippen LogP contribution is -2.16. The van der Waals surface area contributed by atoms with E-state index < -0.39 is 6.10 Å². The molecule has 0 aliphatic rings. The largest absolute Gasteiger partial charge is 0.508 e. The molecule has 0 aliphatic heterocycles. The molecule has 0 aromatic heterocycles. The Hall–Kier alpha value is -0.970. The number of likely N-dealkylation sites (N-methyl/N-ethyl adjacent to an activating group) is 1. The summed E-state index contributed by atoms with van der Waals surface area (Å²) in [6.45, 7) is 0.378. The second kappa shape index (κ2) is 5.70. The minimum atomic E-state index is -0.719. The Kier molecular flexibility index (Phi) is 5.30. The van der Waals surface area contributed by atoms with E-state index in [4.69, 9.17) is 10.2 Å². The summed E-state index contributed by atoms with van der Waals surface area (Å²) in [5.74, 6) is -0.102. The first-order valence-electron chi connectivity index (χ1n) is 3.99. The van der Waals surface area contributed by atoms with Gasteiger partial charge in [-0.15, -0.1) is 12.4 Å². The molecule has 0 aliphatic carbocycles. The van der Waals surface area contributed by atoms with Crippen molar-refractivity contribution in [3.63, 3.8) is 0 Å². The van der Waals surface area contributed by atoms with Crippen LogP contribution in [-0.2, 0) is 0 Å². The van der Waals surface area contributed by atoms with Gasteiger partial charge in [0.05, 0.1) is 6.10 Å². The zero-order valence-electron chi connectivity index (χ0n) is 7.77. The summed E-state index contributed by atoms with van der Waals surface area (Å²) in [6, 6.07) is 4.05. The Morgan fingerprint density at radius 3 is 2.14 bits per heavy atom. The van der Waals surface area contributed by atoms with Gasteiger partial charge in [0.1, 0.15) is 11.5 Å². The van der Waals surface area contributed by atoms with Gasteiger partial charge < -0.3 is 20.6 Å². The molecule has 0 spiro atoms. The average molecular weight is 220 g/mol. The predicted molar refractivity (Wildman–Crippen MR) is 55.9 cm³/mol. The number of nitrogens with one attached hydrogen (secondary N) is 1. The zero-order chi connectivity index (χ0) is 9.84. The van der Waals surface area contributed by atoms with Crippen LogP contribution in [0.4, 0.5) is 0 Å². The number of aliphatic hydroxyl groups excluding tert-OH is 1. The summed E-state index contributed by atoms with van der Waals surface area (Å²) >= 11 is 0. The van der Waals surface area contributed by atoms with E-state index in [1.165, 1.54) is 18.2 Å². The van der Waals surface area contributed by atoms with Crippen LogP contribution in [0.3, 0.4) is 0 Å². The summed E-state index contributed by atoms with van der Waals surface area (Å²) in [6.07, 6.45) is -0.719. The maximum atomic E-state index is 9.48. The van der Waals surface area contributed by atoms with Crippen molar-refractivity contribution in [1.82, 2.24) is 5.32 Å². The molecule has 4 nitrogen and oxygen atoms in total. The number of hydrogen-bond acceptors (Lipinski definition) is 4. The van der Waals surface area contributed by atoms with Crippen LogP contribution >= 0.6 is 12.4 Å². The van der Waals surface area contributed by atoms with Crippen LogP contribution in [-0.4, -0.2) is 28.9 Å². The van der Waals surface area contributed by atoms with Crippen molar-refractivity contribution < 1.29 is 15.3 Å². The van der Waals surface area contributed by atoms with Crippen molar-refractivity contribution in [3.8, 4) is 11.5 Å². The van der Waals surface area contributed by atoms with E-state index in [9.17, 15) is 5.11 Å². The number of aromatic hydroxyl groups is 2. The molecule has 1 atom stereocenters. The molecule has 0 amide bonds. The van der Waals surface area contributed by atoms with Crippen molar-refractivity contribution in [1.29, 1.82) is 0 Å². The van der Waals surface area contributed by atoms with Crippen LogP contribution < -0.4 is 5.32 Å². The Labute approximate surface area is 88.6 Å². The quantitative estimate of drug-likeness (QED) is 0.606. The molecule has 0 saturated heterocycles. The highest BCUT2D eigenvalue weighted by atomic mass is 35.5. The van der Waals surface area contributed by atoms with Gasteiger partial charge in [0, 0.05) is 12.6 Å². The lowest BCUT2D eigenvalue weighted by atomic mass is 10.1. The fourth-order valence-electron chi connectivity index (χ4n) is 1.12. The van der Waals surface area contributed by atoms with Crippen LogP contribution in [0.1, 0.15) is 11.7 Å². The van der Waals surface area contributed by atoms with Crippen LogP contribution in [0.25, 0.3) is 0 Å². The molecule has 5 heteroatoms. The second-order valence-electron chi connectivity index (χ2n) is 2.86. The van der Waals surface area contributed by atoms with E-state index >= 15 is 0 Å². The third-order valence-corrected chi connectivity index (χ3v) is 1.71. The topological polar surface area (TPSA) is 72.7 Å². The van der Waals surface area contributed by atoms with E-state index in [2.05, 4.69) is 5.32 Å². The second-order valence-corrected chi connectivity index (χ2v) is 2.86. The Balaban J connectivity index is 0.00000169. The first-order valence-corrected chi connectivity index (χ1v) is 3.99. The molecule has 0 bridgehead atoms. The number of phenolic OH excluding ortho intramolecular Hbond substituents is 2. The molecule has 0 saturated carbocycles. The number of benzene rings is 1. The van der Waals surface area contributed by atoms with Gasteiger partial charge in [0.25, 0.3) is 0 Å². The average Bonchev–Trinajstić information content (AvgIpc) is 2.03. The van der Waals surface area contributed by atoms with Gasteiger partial charge >= 0.3 is 0 Å². The van der Waals surface area contributed by atoms with E-state index in [1.54, 1.807) is 7.05 Å². The van der Waals surface area contributed by atoms with Crippen LogP contribution in [0.2, 0.25) is 0 Å². The Bertz CT molecular complexity index is 273. The molecule has 0 heterocycles. The smallest absolute Gasteiger partial charge is 0.119 e. The van der Waals surface area contributed by atoms with Gasteiger partial charge in [-0.1, -0.05) is 0 Å². The lowest BCUT2D eigenvalue weighted by molar-refractivity contribution is 0.177. The highest BCUT2D eigenvalue weighted by molar-refractivity contribution is 5.85. The van der Waals surface area contributed by atoms with Crippen molar-refractivity contribution in [2.24, 2.45) is 0 Å². The van der Waals surface area contributed by atoms with Crippen molar-refractivity contribution in [2.45, 2.75) is 6.10 Å². The molecule has 1 aromatic rings. The van der Waals surface area contributed by atoms with Gasteiger partial charge in [-0.2, -0.15) is 0 Å². The Morgan fingerprint density at radius 2 is 1.71 bits per heavy atom. The maximum absolute atomic E-state index is 9.48. The first-order chi connectivity index (χ1) is 6.13. The molecule has 0 radical (unpaired) electrons. The van der Waals surface area contributed by atoms with E-state index in [1.807, 2.05) is 0 Å². The molecule has 0 unspecified atom stereocenters. The molecular weight excluding hydrogens is 206 g/mol. The third kappa shape index (κ3) is 3.41. The number of hydrogen-bond donors (Lipinski definition) is 4. The summed E-state index contributed by atoms with van der Waals surface area (Å²) in [4.78, 5) is 0. The summed E-state index contributed by atoms with van der Waals surface area (Å²) in [5.41, 5.74) is 0.492. The zero-order valence-corrected chi connectivity index (χ0v) is 8.58. The fraction of sp³-hybridized carbons (Fsp3) is 0.333. The van der Waals surface area contributed by atoms with Crippen molar-refractivity contribution in [3.05, 3.63) is 23.8 Å². The molecule has 4 N–H and O–H groups in total. The highest BCUT2D eigenvalue weighted by Crippen LogP contribution is 2.24. The van der Waals surface area contributed by atoms with E-state index in [0.29, 0.717) is 12.1 Å². The predicted octanol–water partition coefficient (Wildman–Crippen LogP) is 0.772. The van der Waals surface area contributed by atoms with Gasteiger partial charge in [0.2, 0.25) is 0 Å². The van der Waals surface area contributed by atoms with Gasteiger partial charge in [-0.3, -0.25) is 0 Å². The SMILES string of the molecule is CNC[C@H](O)c1cc(O)cc(O)c1.Cl. The molecule has 0 fully saturated rings. The molecule has 14 heavy (non-hydrogen) atoms. The summed E-state index contributed by atoms with van der Waals surface area (Å²) in [5, 5.41) is 30.5. The van der Waals surface area contributed by atoms with E-state index in [0.717, 1.165) is 0 Å². The van der Waals surface area contributed by atoms with Crippen molar-refractivity contribution in [2.75, 3.05) is 13.6 Å². The fourth-order valence-corrected chi connectivity index (χ4v) is 1.12. The number of halogens is 1. The summed E-state index contributed by atoms with van der Waals surface area (Å²) in [7, 11) is 1.71. The Morgan fingerprint density at radius 1 is 1.21 bits per heavy atom. The number of rotatable bonds is 3. The van der Waals surface area contributed by atoms with Gasteiger partial charge in [0.15, 0.2) is 0 Å². The molecular formula is C9H14ClNO3. The molecule has 1 rings (SSSR count). The van der Waals surface area contributed by atoms with E-state index in [-0.39, 0.29) is 23.9 Å². The monoisotopic (exact) mass is 219 g/mol. The number of phenols is 2. The number of aliphatic hydroxyl groups is 1. The van der Waals surface area contributed by atoms with Crippen molar-refractivity contribution >= 4 is 12.4 Å². The van der Waals surface area contributed by atoms with Crippen LogP contribution in [0, 0.1) is 0 Å². The van der Waals surface area contributed by atoms with Crippen LogP contribution in [0.5, 0.6) is 11.5 Å². The molecule has 1 aromatic carbocycles. The highest BCUT2D eigenvalue weighted by Gasteiger charge is 2.08. The summed E-state index contributed by atoms with van der Waals surface area (Å²) < 4.78 is 0. The first kappa shape index (κ1) is 13.0. The normalized spacial score (nSPS) is 11.9. The van der Waals surface area contributed by atoms with Crippen LogP contribution in [0.15, 0.2) is 18.2 Å². The third-order valence-electron chi connectivity index (χ3n) is 1.71. The van der Waals surface area contributed by atoms with Gasteiger partial charge in [-0.05, 0) is 24.7 Å². The standard InChI is InChI=1S/C9H13NO3.ClH/c1-10-5-9(13)6-2-7(11)4-8(12)3-6;/h2-4,9-13H,5H2,1H3;1H/t9-;/m0./s1. The molecule has 80 valence electrons. The van der Waals surface area contributed by atoms with Gasteiger partial charge in [-0.25, -0.2) is 0 Å². The minimum Gasteiger partial charge on any atom is -0.508 e.